The van der Waals surface area contributed by atoms with E-state index in [9.17, 15) is 17.2 Å². The van der Waals surface area contributed by atoms with E-state index in [0.717, 1.165) is 18.2 Å². The summed E-state index contributed by atoms with van der Waals surface area (Å²) in [6.45, 7) is 1.52. The number of rotatable bonds is 7. The number of halogens is 2. The topological polar surface area (TPSA) is 107 Å². The smallest absolute Gasteiger partial charge is 0.195 e. The summed E-state index contributed by atoms with van der Waals surface area (Å²) in [5.74, 6) is -1.00. The Morgan fingerprint density at radius 3 is 2.47 bits per heavy atom. The van der Waals surface area contributed by atoms with Crippen molar-refractivity contribution in [1.29, 1.82) is 0 Å². The van der Waals surface area contributed by atoms with Gasteiger partial charge in [0.15, 0.2) is 43.8 Å². The molecule has 0 saturated heterocycles. The van der Waals surface area contributed by atoms with Gasteiger partial charge >= 0.3 is 0 Å². The minimum absolute atomic E-state index is 0.0522. The van der Waals surface area contributed by atoms with Crippen molar-refractivity contribution in [2.75, 3.05) is 5.75 Å². The van der Waals surface area contributed by atoms with E-state index in [0.29, 0.717) is 22.6 Å². The number of sulfone groups is 1. The molecule has 0 amide bonds. The van der Waals surface area contributed by atoms with Crippen LogP contribution in [0, 0.1) is 11.6 Å². The number of hydrogen-bond donors (Lipinski definition) is 1. The minimum atomic E-state index is -3.49. The van der Waals surface area contributed by atoms with Gasteiger partial charge < -0.3 is 14.5 Å². The Morgan fingerprint density at radius 2 is 1.75 bits per heavy atom. The molecule has 0 aliphatic heterocycles. The van der Waals surface area contributed by atoms with Gasteiger partial charge in [-0.2, -0.15) is 0 Å². The highest BCUT2D eigenvalue weighted by Gasteiger charge is 2.18. The van der Waals surface area contributed by atoms with E-state index in [1.165, 1.54) is 31.3 Å². The first-order valence-electron chi connectivity index (χ1n) is 10.8. The molecule has 0 aliphatic carbocycles. The normalized spacial score (nSPS) is 11.5. The van der Waals surface area contributed by atoms with Gasteiger partial charge in [0.1, 0.15) is 17.3 Å². The summed E-state index contributed by atoms with van der Waals surface area (Å²) in [5.41, 5.74) is 1.64. The average molecular weight is 509 g/mol. The van der Waals surface area contributed by atoms with Crippen molar-refractivity contribution in [3.8, 4) is 34.5 Å². The molecular formula is C25H18F2N4O4S. The number of aromatic amines is 1. The molecule has 3 aromatic heterocycles. The van der Waals surface area contributed by atoms with E-state index in [4.69, 9.17) is 9.47 Å². The van der Waals surface area contributed by atoms with Crippen molar-refractivity contribution in [2.45, 2.75) is 11.9 Å². The van der Waals surface area contributed by atoms with Crippen LogP contribution in [-0.4, -0.2) is 34.1 Å². The Hall–Kier alpha value is -4.38. The SMILES string of the molecule is CCS(=O)(=O)c1ccc(Oc2cc3[nH]c(-c4ccccn4)nc3cc2Oc2cc(F)ccc2F)cn1. The number of fused-ring (bicyclic) bond motifs is 1. The highest BCUT2D eigenvalue weighted by molar-refractivity contribution is 7.91. The number of nitrogens with zero attached hydrogens (tertiary/aromatic N) is 3. The molecule has 1 N–H and O–H groups in total. The van der Waals surface area contributed by atoms with Gasteiger partial charge in [-0.3, -0.25) is 4.98 Å². The molecule has 0 fully saturated rings. The van der Waals surface area contributed by atoms with Crippen molar-refractivity contribution < 1.29 is 26.7 Å². The molecule has 0 saturated carbocycles. The molecule has 2 aromatic carbocycles. The molecule has 0 atom stereocenters. The lowest BCUT2D eigenvalue weighted by molar-refractivity contribution is 0.399. The van der Waals surface area contributed by atoms with Crippen molar-refractivity contribution in [2.24, 2.45) is 0 Å². The van der Waals surface area contributed by atoms with Crippen LogP contribution in [-0.2, 0) is 9.84 Å². The van der Waals surface area contributed by atoms with Crippen LogP contribution in [0.3, 0.4) is 0 Å². The van der Waals surface area contributed by atoms with E-state index >= 15 is 0 Å². The van der Waals surface area contributed by atoms with Gasteiger partial charge in [0, 0.05) is 24.4 Å². The van der Waals surface area contributed by atoms with Gasteiger partial charge in [-0.1, -0.05) is 13.0 Å². The largest absolute Gasteiger partial charge is 0.452 e. The summed E-state index contributed by atoms with van der Waals surface area (Å²) >= 11 is 0. The van der Waals surface area contributed by atoms with Gasteiger partial charge in [0.25, 0.3) is 0 Å². The first-order chi connectivity index (χ1) is 17.3. The van der Waals surface area contributed by atoms with E-state index in [-0.39, 0.29) is 33.8 Å². The fourth-order valence-electron chi connectivity index (χ4n) is 3.36. The Morgan fingerprint density at radius 1 is 0.917 bits per heavy atom. The van der Waals surface area contributed by atoms with Gasteiger partial charge in [-0.05, 0) is 36.4 Å². The monoisotopic (exact) mass is 508 g/mol. The van der Waals surface area contributed by atoms with Crippen molar-refractivity contribution in [1.82, 2.24) is 19.9 Å². The lowest BCUT2D eigenvalue weighted by Gasteiger charge is -2.13. The van der Waals surface area contributed by atoms with E-state index < -0.39 is 21.5 Å². The third-order valence-electron chi connectivity index (χ3n) is 5.20. The lowest BCUT2D eigenvalue weighted by atomic mass is 10.2. The molecule has 8 nitrogen and oxygen atoms in total. The summed E-state index contributed by atoms with van der Waals surface area (Å²) < 4.78 is 63.8. The zero-order valence-corrected chi connectivity index (χ0v) is 19.6. The Labute approximate surface area is 204 Å². The van der Waals surface area contributed by atoms with Crippen LogP contribution in [0.2, 0.25) is 0 Å². The summed E-state index contributed by atoms with van der Waals surface area (Å²) in [6.07, 6.45) is 2.89. The van der Waals surface area contributed by atoms with E-state index in [1.807, 2.05) is 6.07 Å². The summed E-state index contributed by atoms with van der Waals surface area (Å²) in [4.78, 5) is 15.9. The molecule has 3 heterocycles. The van der Waals surface area contributed by atoms with Crippen molar-refractivity contribution >= 4 is 20.9 Å². The molecule has 0 unspecified atom stereocenters. The predicted octanol–water partition coefficient (Wildman–Crippen LogP) is 5.68. The number of ether oxygens (including phenoxy) is 2. The zero-order valence-electron chi connectivity index (χ0n) is 18.8. The predicted molar refractivity (Wildman–Crippen MR) is 128 cm³/mol. The first-order valence-corrected chi connectivity index (χ1v) is 12.4. The summed E-state index contributed by atoms with van der Waals surface area (Å²) in [6, 6.07) is 14.1. The number of nitrogens with one attached hydrogen (secondary N) is 1. The van der Waals surface area contributed by atoms with Crippen molar-refractivity contribution in [3.63, 3.8) is 0 Å². The maximum atomic E-state index is 14.3. The first kappa shape index (κ1) is 23.4. The molecule has 5 aromatic rings. The molecule has 0 radical (unpaired) electrons. The third-order valence-corrected chi connectivity index (χ3v) is 6.84. The van der Waals surface area contributed by atoms with E-state index in [1.54, 1.807) is 24.4 Å². The second-order valence-corrected chi connectivity index (χ2v) is 9.86. The second kappa shape index (κ2) is 9.34. The van der Waals surface area contributed by atoms with Crippen LogP contribution in [0.15, 0.2) is 78.1 Å². The molecule has 0 spiro atoms. The summed E-state index contributed by atoms with van der Waals surface area (Å²) in [7, 11) is -3.49. The molecule has 5 rings (SSSR count). The van der Waals surface area contributed by atoms with Crippen LogP contribution >= 0.6 is 0 Å². The number of imidazole rings is 1. The lowest BCUT2D eigenvalue weighted by Crippen LogP contribution is -2.05. The van der Waals surface area contributed by atoms with Crippen LogP contribution in [0.4, 0.5) is 8.78 Å². The standard InChI is InChI=1S/C25H18F2N4O4S/c1-2-36(32,33)24-9-7-16(14-29-24)34-22-12-19-20(31-25(30-19)18-5-3-4-10-28-18)13-23(22)35-21-11-15(26)6-8-17(21)27/h3-14H,2H2,1H3,(H,30,31). The quantitative estimate of drug-likeness (QED) is 0.302. The fraction of sp³-hybridized carbons (Fsp3) is 0.0800. The Balaban J connectivity index is 1.57. The van der Waals surface area contributed by atoms with Crippen LogP contribution < -0.4 is 9.47 Å². The van der Waals surface area contributed by atoms with Crippen LogP contribution in [0.25, 0.3) is 22.6 Å². The maximum absolute atomic E-state index is 14.3. The minimum Gasteiger partial charge on any atom is -0.452 e. The fourth-order valence-corrected chi connectivity index (χ4v) is 4.15. The van der Waals surface area contributed by atoms with Gasteiger partial charge in [0.2, 0.25) is 0 Å². The second-order valence-electron chi connectivity index (χ2n) is 7.63. The molecule has 36 heavy (non-hydrogen) atoms. The maximum Gasteiger partial charge on any atom is 0.195 e. The van der Waals surface area contributed by atoms with Crippen molar-refractivity contribution in [3.05, 3.63) is 84.7 Å². The summed E-state index contributed by atoms with van der Waals surface area (Å²) in [5, 5.41) is -0.0836. The molecular weight excluding hydrogens is 490 g/mol. The Bertz CT molecular complexity index is 1660. The van der Waals surface area contributed by atoms with Gasteiger partial charge in [-0.25, -0.2) is 27.2 Å². The number of H-pyrrole nitrogens is 1. The highest BCUT2D eigenvalue weighted by atomic mass is 32.2. The molecule has 0 aliphatic rings. The third kappa shape index (κ3) is 4.73. The Kier molecular flexibility index (Phi) is 6.06. The number of aromatic nitrogens is 4. The van der Waals surface area contributed by atoms with Gasteiger partial charge in [0.05, 0.1) is 23.0 Å². The number of hydrogen-bond acceptors (Lipinski definition) is 7. The van der Waals surface area contributed by atoms with Crippen LogP contribution in [0.1, 0.15) is 6.92 Å². The number of benzene rings is 2. The zero-order chi connectivity index (χ0) is 25.3. The van der Waals surface area contributed by atoms with Gasteiger partial charge in [-0.15, -0.1) is 0 Å². The molecule has 182 valence electrons. The molecule has 0 bridgehead atoms. The van der Waals surface area contributed by atoms with E-state index in [2.05, 4.69) is 19.9 Å². The van der Waals surface area contributed by atoms with Crippen LogP contribution in [0.5, 0.6) is 23.0 Å². The number of pyridine rings is 2. The molecule has 11 heteroatoms. The highest BCUT2D eigenvalue weighted by Crippen LogP contribution is 2.39. The average Bonchev–Trinajstić information content (AvgIpc) is 3.30.